The van der Waals surface area contributed by atoms with E-state index in [1.54, 1.807) is 40.5 Å². The van der Waals surface area contributed by atoms with Gasteiger partial charge in [0.05, 0.1) is 11.1 Å². The fourth-order valence-electron chi connectivity index (χ4n) is 2.13. The first-order chi connectivity index (χ1) is 10.5. The van der Waals surface area contributed by atoms with Crippen LogP contribution in [0.2, 0.25) is 0 Å². The molecule has 0 aliphatic carbocycles. The molecule has 3 aromatic heterocycles. The largest absolute Gasteiger partial charge is 0.384 e. The van der Waals surface area contributed by atoms with Crippen LogP contribution < -0.4 is 5.32 Å². The van der Waals surface area contributed by atoms with Crippen molar-refractivity contribution >= 4 is 22.7 Å². The SMILES string of the molecule is Cn1cc(C(C)(O)CNCc2cnc(-c3cccs3)s2)cn1. The van der Waals surface area contributed by atoms with Crippen LogP contribution in [0.5, 0.6) is 0 Å². The highest BCUT2D eigenvalue weighted by Crippen LogP contribution is 2.28. The van der Waals surface area contributed by atoms with Crippen LogP contribution in [0.1, 0.15) is 17.4 Å². The van der Waals surface area contributed by atoms with Crippen molar-refractivity contribution in [3.63, 3.8) is 0 Å². The van der Waals surface area contributed by atoms with Crippen molar-refractivity contribution in [3.8, 4) is 9.88 Å². The maximum Gasteiger partial charge on any atom is 0.133 e. The summed E-state index contributed by atoms with van der Waals surface area (Å²) < 4.78 is 1.69. The van der Waals surface area contributed by atoms with Gasteiger partial charge in [-0.1, -0.05) is 6.07 Å². The van der Waals surface area contributed by atoms with E-state index in [-0.39, 0.29) is 0 Å². The highest BCUT2D eigenvalue weighted by Gasteiger charge is 2.24. The second-order valence-corrected chi connectivity index (χ2v) is 7.45. The molecule has 22 heavy (non-hydrogen) atoms. The first-order valence-electron chi connectivity index (χ1n) is 6.95. The summed E-state index contributed by atoms with van der Waals surface area (Å²) in [5.41, 5.74) is -0.124. The highest BCUT2D eigenvalue weighted by atomic mass is 32.1. The van der Waals surface area contributed by atoms with Gasteiger partial charge in [0.25, 0.3) is 0 Å². The van der Waals surface area contributed by atoms with E-state index in [4.69, 9.17) is 0 Å². The van der Waals surface area contributed by atoms with Gasteiger partial charge < -0.3 is 10.4 Å². The summed E-state index contributed by atoms with van der Waals surface area (Å²) in [7, 11) is 1.84. The number of thiazole rings is 1. The van der Waals surface area contributed by atoms with Crippen molar-refractivity contribution in [3.05, 3.63) is 46.5 Å². The number of hydrogen-bond donors (Lipinski definition) is 2. The molecule has 2 N–H and O–H groups in total. The summed E-state index contributed by atoms with van der Waals surface area (Å²) in [6.07, 6.45) is 5.43. The van der Waals surface area contributed by atoms with E-state index < -0.39 is 5.60 Å². The first kappa shape index (κ1) is 15.4. The maximum absolute atomic E-state index is 10.5. The van der Waals surface area contributed by atoms with Gasteiger partial charge in [-0.25, -0.2) is 4.98 Å². The van der Waals surface area contributed by atoms with Crippen LogP contribution >= 0.6 is 22.7 Å². The molecule has 1 atom stereocenters. The third-order valence-corrected chi connectivity index (χ3v) is 5.42. The van der Waals surface area contributed by atoms with Crippen molar-refractivity contribution in [1.29, 1.82) is 0 Å². The lowest BCUT2D eigenvalue weighted by Crippen LogP contribution is -2.34. The second kappa shape index (κ2) is 6.29. The Labute approximate surface area is 137 Å². The predicted molar refractivity (Wildman–Crippen MR) is 89.9 cm³/mol. The van der Waals surface area contributed by atoms with Gasteiger partial charge in [-0.3, -0.25) is 4.68 Å². The minimum absolute atomic E-state index is 0.463. The van der Waals surface area contributed by atoms with E-state index in [9.17, 15) is 5.11 Å². The zero-order valence-electron chi connectivity index (χ0n) is 12.5. The summed E-state index contributed by atoms with van der Waals surface area (Å²) in [5.74, 6) is 0. The molecule has 116 valence electrons. The number of aliphatic hydroxyl groups is 1. The fraction of sp³-hybridized carbons (Fsp3) is 0.333. The monoisotopic (exact) mass is 334 g/mol. The molecule has 3 aromatic rings. The van der Waals surface area contributed by atoms with E-state index >= 15 is 0 Å². The van der Waals surface area contributed by atoms with Crippen LogP contribution in [0.25, 0.3) is 9.88 Å². The molecule has 0 radical (unpaired) electrons. The van der Waals surface area contributed by atoms with Gasteiger partial charge >= 0.3 is 0 Å². The normalized spacial score (nSPS) is 14.1. The standard InChI is InChI=1S/C15H18N4OS2/c1-15(20,11-6-18-19(2)9-11)10-16-7-12-8-17-14(22-12)13-4-3-5-21-13/h3-6,8-9,16,20H,7,10H2,1-2H3. The lowest BCUT2D eigenvalue weighted by atomic mass is 10.00. The molecule has 0 amide bonds. The van der Waals surface area contributed by atoms with Gasteiger partial charge in [0.2, 0.25) is 0 Å². The van der Waals surface area contributed by atoms with Crippen molar-refractivity contribution in [1.82, 2.24) is 20.1 Å². The van der Waals surface area contributed by atoms with Crippen LogP contribution in [0, 0.1) is 0 Å². The first-order valence-corrected chi connectivity index (χ1v) is 8.65. The number of aromatic nitrogens is 3. The summed E-state index contributed by atoms with van der Waals surface area (Å²) in [4.78, 5) is 6.80. The molecule has 0 saturated heterocycles. The Morgan fingerprint density at radius 1 is 1.41 bits per heavy atom. The third kappa shape index (κ3) is 3.44. The Morgan fingerprint density at radius 3 is 2.95 bits per heavy atom. The molecule has 0 fully saturated rings. The molecule has 1 unspecified atom stereocenters. The van der Waals surface area contributed by atoms with Crippen molar-refractivity contribution in [2.75, 3.05) is 6.54 Å². The molecule has 0 bridgehead atoms. The van der Waals surface area contributed by atoms with E-state index in [0.29, 0.717) is 13.1 Å². The number of nitrogens with zero attached hydrogens (tertiary/aromatic N) is 3. The van der Waals surface area contributed by atoms with Crippen LogP contribution in [-0.2, 0) is 19.2 Å². The average Bonchev–Trinajstić information content (AvgIpc) is 3.18. The molecule has 0 aliphatic heterocycles. The number of rotatable bonds is 6. The van der Waals surface area contributed by atoms with E-state index in [2.05, 4.69) is 26.8 Å². The summed E-state index contributed by atoms with van der Waals surface area (Å²) in [5, 5.41) is 21.0. The van der Waals surface area contributed by atoms with Gasteiger partial charge in [-0.15, -0.1) is 22.7 Å². The molecule has 3 rings (SSSR count). The fourth-order valence-corrected chi connectivity index (χ4v) is 3.82. The molecule has 0 saturated carbocycles. The predicted octanol–water partition coefficient (Wildman–Crippen LogP) is 2.60. The van der Waals surface area contributed by atoms with Crippen LogP contribution in [-0.4, -0.2) is 26.4 Å². The second-order valence-electron chi connectivity index (χ2n) is 5.39. The molecule has 0 spiro atoms. The Bertz CT molecular complexity index is 730. The minimum Gasteiger partial charge on any atom is -0.384 e. The molecule has 7 heteroatoms. The lowest BCUT2D eigenvalue weighted by molar-refractivity contribution is 0.0566. The quantitative estimate of drug-likeness (QED) is 0.727. The van der Waals surface area contributed by atoms with Gasteiger partial charge in [0, 0.05) is 43.0 Å². The van der Waals surface area contributed by atoms with Crippen LogP contribution in [0.15, 0.2) is 36.1 Å². The smallest absolute Gasteiger partial charge is 0.133 e. The van der Waals surface area contributed by atoms with Gasteiger partial charge in [-0.2, -0.15) is 5.10 Å². The Hall–Kier alpha value is -1.54. The van der Waals surface area contributed by atoms with E-state index in [0.717, 1.165) is 15.4 Å². The molecule has 3 heterocycles. The summed E-state index contributed by atoms with van der Waals surface area (Å²) in [6.45, 7) is 2.95. The molecule has 0 aliphatic rings. The summed E-state index contributed by atoms with van der Waals surface area (Å²) >= 11 is 3.38. The topological polar surface area (TPSA) is 63.0 Å². The maximum atomic E-state index is 10.5. The van der Waals surface area contributed by atoms with Crippen LogP contribution in [0.3, 0.4) is 0 Å². The molecule has 5 nitrogen and oxygen atoms in total. The van der Waals surface area contributed by atoms with E-state index in [1.807, 2.05) is 25.5 Å². The molecular formula is C15H18N4OS2. The Morgan fingerprint density at radius 2 is 2.27 bits per heavy atom. The van der Waals surface area contributed by atoms with Crippen LogP contribution in [0.4, 0.5) is 0 Å². The third-order valence-electron chi connectivity index (χ3n) is 3.38. The average molecular weight is 334 g/mol. The Balaban J connectivity index is 1.57. The van der Waals surface area contributed by atoms with Crippen molar-refractivity contribution < 1.29 is 5.11 Å². The molecular weight excluding hydrogens is 316 g/mol. The van der Waals surface area contributed by atoms with E-state index in [1.165, 1.54) is 4.88 Å². The number of aryl methyl sites for hydroxylation is 1. The van der Waals surface area contributed by atoms with Crippen molar-refractivity contribution in [2.24, 2.45) is 7.05 Å². The van der Waals surface area contributed by atoms with Gasteiger partial charge in [0.1, 0.15) is 10.6 Å². The zero-order valence-corrected chi connectivity index (χ0v) is 14.1. The van der Waals surface area contributed by atoms with Gasteiger partial charge in [0.15, 0.2) is 0 Å². The number of hydrogen-bond acceptors (Lipinski definition) is 6. The number of thiophene rings is 1. The summed E-state index contributed by atoms with van der Waals surface area (Å²) in [6, 6.07) is 4.11. The van der Waals surface area contributed by atoms with Gasteiger partial charge in [-0.05, 0) is 18.4 Å². The molecule has 0 aromatic carbocycles. The highest BCUT2D eigenvalue weighted by molar-refractivity contribution is 7.20. The zero-order chi connectivity index (χ0) is 15.6. The number of nitrogens with one attached hydrogen (secondary N) is 1. The van der Waals surface area contributed by atoms with Crippen molar-refractivity contribution in [2.45, 2.75) is 19.1 Å². The lowest BCUT2D eigenvalue weighted by Gasteiger charge is -2.22. The minimum atomic E-state index is -0.935. The Kier molecular flexibility index (Phi) is 4.39.